The van der Waals surface area contributed by atoms with E-state index in [0.29, 0.717) is 25.3 Å². The maximum atomic E-state index is 13.5. The summed E-state index contributed by atoms with van der Waals surface area (Å²) in [5.41, 5.74) is 8.48. The fraction of sp³-hybridized carbons (Fsp3) is 0.440. The first kappa shape index (κ1) is 26.5. The molecule has 1 atom stereocenters. The van der Waals surface area contributed by atoms with Crippen LogP contribution in [0.25, 0.3) is 0 Å². The molecule has 1 unspecified atom stereocenters. The summed E-state index contributed by atoms with van der Waals surface area (Å²) in [5, 5.41) is 16.1. The number of halogens is 3. The molecule has 2 aromatic carbocycles. The van der Waals surface area contributed by atoms with E-state index in [1.807, 2.05) is 43.0 Å². The van der Waals surface area contributed by atoms with Gasteiger partial charge in [0, 0.05) is 30.9 Å². The van der Waals surface area contributed by atoms with Gasteiger partial charge in [-0.3, -0.25) is 0 Å². The Balaban J connectivity index is 2.43. The Morgan fingerprint density at radius 2 is 1.76 bits per heavy atom. The van der Waals surface area contributed by atoms with Gasteiger partial charge in [0.25, 0.3) is 0 Å². The summed E-state index contributed by atoms with van der Waals surface area (Å²) in [6.07, 6.45) is -4.02. The van der Waals surface area contributed by atoms with E-state index in [0.717, 1.165) is 35.9 Å². The first-order valence-electron chi connectivity index (χ1n) is 11.3. The number of allylic oxidation sites excluding steroid dienone is 1. The topological polar surface area (TPSA) is 73.5 Å². The van der Waals surface area contributed by atoms with Crippen molar-refractivity contribution in [2.24, 2.45) is 5.73 Å². The van der Waals surface area contributed by atoms with Crippen molar-refractivity contribution in [3.63, 3.8) is 0 Å². The molecule has 0 aliphatic rings. The second-order valence-electron chi connectivity index (χ2n) is 7.90. The highest BCUT2D eigenvalue weighted by molar-refractivity contribution is 5.52. The minimum absolute atomic E-state index is 0.0274. The number of hydrogen-bond acceptors (Lipinski definition) is 5. The van der Waals surface area contributed by atoms with Crippen molar-refractivity contribution in [2.45, 2.75) is 46.0 Å². The fourth-order valence-corrected chi connectivity index (χ4v) is 3.76. The van der Waals surface area contributed by atoms with Gasteiger partial charge in [0.1, 0.15) is 12.0 Å². The minimum atomic E-state index is -4.51. The van der Waals surface area contributed by atoms with Crippen molar-refractivity contribution in [1.29, 1.82) is 0 Å². The van der Waals surface area contributed by atoms with E-state index in [1.165, 1.54) is 12.1 Å². The van der Waals surface area contributed by atoms with Gasteiger partial charge in [0.05, 0.1) is 12.2 Å². The van der Waals surface area contributed by atoms with E-state index >= 15 is 0 Å². The predicted octanol–water partition coefficient (Wildman–Crippen LogP) is 4.86. The summed E-state index contributed by atoms with van der Waals surface area (Å²) < 4.78 is 40.6. The van der Waals surface area contributed by atoms with E-state index in [9.17, 15) is 18.3 Å². The van der Waals surface area contributed by atoms with Crippen LogP contribution in [-0.2, 0) is 12.6 Å². The van der Waals surface area contributed by atoms with Gasteiger partial charge >= 0.3 is 6.18 Å². The average molecular weight is 465 g/mol. The van der Waals surface area contributed by atoms with E-state index in [-0.39, 0.29) is 12.2 Å². The van der Waals surface area contributed by atoms with Gasteiger partial charge in [-0.05, 0) is 50.0 Å². The minimum Gasteiger partial charge on any atom is -0.395 e. The highest BCUT2D eigenvalue weighted by Gasteiger charge is 2.34. The maximum Gasteiger partial charge on any atom is 0.416 e. The molecule has 0 aliphatic heterocycles. The Bertz CT molecular complexity index is 915. The van der Waals surface area contributed by atoms with Crippen molar-refractivity contribution in [2.75, 3.05) is 31.6 Å². The Hall–Kier alpha value is -2.71. The molecular formula is C25H35F3N4O. The molecule has 182 valence electrons. The third-order valence-electron chi connectivity index (χ3n) is 5.40. The van der Waals surface area contributed by atoms with Gasteiger partial charge in [0.15, 0.2) is 0 Å². The predicted molar refractivity (Wildman–Crippen MR) is 127 cm³/mol. The quantitative estimate of drug-likeness (QED) is 0.338. The molecule has 5 nitrogen and oxygen atoms in total. The number of nitrogens with zero attached hydrogens (tertiary/aromatic N) is 1. The molecule has 0 saturated carbocycles. The van der Waals surface area contributed by atoms with Gasteiger partial charge < -0.3 is 26.4 Å². The molecule has 2 rings (SSSR count). The van der Waals surface area contributed by atoms with E-state index in [2.05, 4.69) is 17.6 Å². The Morgan fingerprint density at radius 3 is 2.39 bits per heavy atom. The molecule has 5 N–H and O–H groups in total. The lowest BCUT2D eigenvalue weighted by atomic mass is 10.0. The van der Waals surface area contributed by atoms with Crippen LogP contribution in [0.5, 0.6) is 0 Å². The van der Waals surface area contributed by atoms with Crippen molar-refractivity contribution < 1.29 is 18.3 Å². The van der Waals surface area contributed by atoms with Crippen LogP contribution < -0.4 is 16.4 Å². The number of para-hydroxylation sites is 1. The van der Waals surface area contributed by atoms with Gasteiger partial charge in [-0.15, -0.1) is 0 Å². The third-order valence-corrected chi connectivity index (χ3v) is 5.40. The summed E-state index contributed by atoms with van der Waals surface area (Å²) in [6.45, 7) is 7.60. The standard InChI is InChI=1S/C25H35F3N4O/c1-4-14-30-22-13-9-6-10-19(22)17-18(3)24(32(5-2)15-16-33)31-23(29)20-11-7-8-12-21(20)25(26,27)28/h6-13,23,30-31,33H,4-5,14-17,29H2,1-3H3/b24-18+. The molecule has 8 heteroatoms. The Labute approximate surface area is 194 Å². The number of nitrogens with one attached hydrogen (secondary N) is 2. The van der Waals surface area contributed by atoms with Crippen molar-refractivity contribution in [3.05, 3.63) is 76.6 Å². The number of anilines is 1. The molecular weight excluding hydrogens is 429 g/mol. The number of hydrogen-bond donors (Lipinski definition) is 4. The zero-order valence-corrected chi connectivity index (χ0v) is 19.5. The van der Waals surface area contributed by atoms with Crippen LogP contribution >= 0.6 is 0 Å². The summed E-state index contributed by atoms with van der Waals surface area (Å²) in [5.74, 6) is 0.626. The molecule has 0 bridgehead atoms. The SMILES string of the molecule is CCCNc1ccccc1C/C(C)=C(\NC(N)c1ccccc1C(F)(F)F)N(CC)CCO. The lowest BCUT2D eigenvalue weighted by Gasteiger charge is -2.32. The van der Waals surface area contributed by atoms with E-state index in [4.69, 9.17) is 5.73 Å². The zero-order valence-electron chi connectivity index (χ0n) is 19.5. The lowest BCUT2D eigenvalue weighted by molar-refractivity contribution is -0.138. The first-order valence-corrected chi connectivity index (χ1v) is 11.3. The van der Waals surface area contributed by atoms with Crippen molar-refractivity contribution in [3.8, 4) is 0 Å². The van der Waals surface area contributed by atoms with Crippen LogP contribution in [0.4, 0.5) is 18.9 Å². The van der Waals surface area contributed by atoms with Gasteiger partial charge in [-0.25, -0.2) is 0 Å². The molecule has 0 aliphatic carbocycles. The van der Waals surface area contributed by atoms with Crippen LogP contribution in [0.1, 0.15) is 50.0 Å². The first-order chi connectivity index (χ1) is 15.7. The molecule has 0 saturated heterocycles. The summed E-state index contributed by atoms with van der Waals surface area (Å²) in [4.78, 5) is 1.90. The normalized spacial score (nSPS) is 13.3. The van der Waals surface area contributed by atoms with Crippen LogP contribution in [0.15, 0.2) is 59.9 Å². The monoisotopic (exact) mass is 464 g/mol. The smallest absolute Gasteiger partial charge is 0.395 e. The Morgan fingerprint density at radius 1 is 1.09 bits per heavy atom. The van der Waals surface area contributed by atoms with E-state index in [1.54, 1.807) is 6.07 Å². The van der Waals surface area contributed by atoms with Crippen LogP contribution in [0.3, 0.4) is 0 Å². The molecule has 0 heterocycles. The lowest BCUT2D eigenvalue weighted by Crippen LogP contribution is -2.40. The van der Waals surface area contributed by atoms with Crippen molar-refractivity contribution in [1.82, 2.24) is 10.2 Å². The number of rotatable bonds is 12. The fourth-order valence-electron chi connectivity index (χ4n) is 3.76. The molecule has 2 aromatic rings. The zero-order chi connectivity index (χ0) is 24.4. The highest BCUT2D eigenvalue weighted by atomic mass is 19.4. The summed E-state index contributed by atoms with van der Waals surface area (Å²) >= 11 is 0. The Kier molecular flexibility index (Phi) is 10.1. The average Bonchev–Trinajstić information content (AvgIpc) is 2.80. The number of nitrogens with two attached hydrogens (primary N) is 1. The summed E-state index contributed by atoms with van der Waals surface area (Å²) in [7, 11) is 0. The largest absolute Gasteiger partial charge is 0.416 e. The number of benzene rings is 2. The maximum absolute atomic E-state index is 13.5. The summed E-state index contributed by atoms with van der Waals surface area (Å²) in [6, 6.07) is 13.3. The molecule has 0 fully saturated rings. The van der Waals surface area contributed by atoms with Gasteiger partial charge in [-0.1, -0.05) is 43.3 Å². The second kappa shape index (κ2) is 12.5. The van der Waals surface area contributed by atoms with Crippen molar-refractivity contribution >= 4 is 5.69 Å². The molecule has 33 heavy (non-hydrogen) atoms. The third kappa shape index (κ3) is 7.40. The number of aliphatic hydroxyl groups excluding tert-OH is 1. The van der Waals surface area contributed by atoms with Crippen LogP contribution in [0, 0.1) is 0 Å². The number of alkyl halides is 3. The van der Waals surface area contributed by atoms with Gasteiger partial charge in [-0.2, -0.15) is 13.2 Å². The molecule has 0 radical (unpaired) electrons. The second-order valence-corrected chi connectivity index (χ2v) is 7.90. The molecule has 0 spiro atoms. The molecule has 0 amide bonds. The van der Waals surface area contributed by atoms with Crippen LogP contribution in [-0.4, -0.2) is 36.2 Å². The van der Waals surface area contributed by atoms with E-state index < -0.39 is 17.9 Å². The number of likely N-dealkylation sites (N-methyl/N-ethyl adjacent to an activating group) is 1. The highest BCUT2D eigenvalue weighted by Crippen LogP contribution is 2.34. The van der Waals surface area contributed by atoms with Gasteiger partial charge in [0.2, 0.25) is 0 Å². The number of aliphatic hydroxyl groups is 1. The molecule has 0 aromatic heterocycles. The van der Waals surface area contributed by atoms with Crippen LogP contribution in [0.2, 0.25) is 0 Å².